The number of rotatable bonds is 8. The van der Waals surface area contributed by atoms with Crippen LogP contribution < -0.4 is 5.32 Å². The van der Waals surface area contributed by atoms with E-state index in [2.05, 4.69) is 24.3 Å². The first-order chi connectivity index (χ1) is 12.3. The van der Waals surface area contributed by atoms with Crippen LogP contribution in [0.4, 0.5) is 13.2 Å². The molecular weight excluding hydrogens is 345 g/mol. The Hall–Kier alpha value is -2.31. The predicted octanol–water partition coefficient (Wildman–Crippen LogP) is 5.31. The first-order valence-corrected chi connectivity index (χ1v) is 8.77. The first-order valence-electron chi connectivity index (χ1n) is 8.77. The van der Waals surface area contributed by atoms with E-state index < -0.39 is 11.7 Å². The highest BCUT2D eigenvalue weighted by molar-refractivity contribution is 5.93. The second kappa shape index (κ2) is 8.87. The van der Waals surface area contributed by atoms with Crippen molar-refractivity contribution in [2.24, 2.45) is 5.92 Å². The van der Waals surface area contributed by atoms with Gasteiger partial charge in [-0.1, -0.05) is 50.4 Å². The van der Waals surface area contributed by atoms with Crippen LogP contribution in [-0.2, 0) is 6.18 Å². The van der Waals surface area contributed by atoms with Crippen molar-refractivity contribution in [1.29, 1.82) is 0 Å². The fourth-order valence-electron chi connectivity index (χ4n) is 2.64. The molecule has 2 aromatic rings. The summed E-state index contributed by atoms with van der Waals surface area (Å²) in [6.45, 7) is 4.74. The van der Waals surface area contributed by atoms with Gasteiger partial charge in [0, 0.05) is 18.2 Å². The number of hydrogen-bond donors (Lipinski definition) is 1. The molecule has 0 aliphatic carbocycles. The molecule has 0 saturated carbocycles. The largest absolute Gasteiger partial charge is 0.416 e. The lowest BCUT2D eigenvalue weighted by Gasteiger charge is -2.14. The number of amides is 1. The molecule has 1 N–H and O–H groups in total. The number of hydrogen-bond acceptors (Lipinski definition) is 3. The number of halogens is 3. The Balaban J connectivity index is 2.04. The second-order valence-corrected chi connectivity index (χ2v) is 6.28. The average Bonchev–Trinajstić information content (AvgIpc) is 3.11. The molecule has 4 nitrogen and oxygen atoms in total. The molecule has 0 spiro atoms. The van der Waals surface area contributed by atoms with Crippen molar-refractivity contribution in [3.8, 4) is 11.3 Å². The quantitative estimate of drug-likeness (QED) is 0.687. The van der Waals surface area contributed by atoms with Gasteiger partial charge in [-0.25, -0.2) is 0 Å². The first kappa shape index (κ1) is 20.0. The number of carbonyl (C=O) groups is 1. The standard InChI is InChI=1S/C19H23F3N2O2/c1-3-5-7-13(4-2)12-23-18(25)16-11-17(26-24-16)14-8-6-9-15(10-14)19(20,21)22/h6,8-11,13H,3-5,7,12H2,1-2H3,(H,23,25)/t13-/m1/s1. The van der Waals surface area contributed by atoms with E-state index in [1.165, 1.54) is 18.2 Å². The van der Waals surface area contributed by atoms with Crippen molar-refractivity contribution in [3.63, 3.8) is 0 Å². The lowest BCUT2D eigenvalue weighted by Crippen LogP contribution is -2.29. The lowest BCUT2D eigenvalue weighted by molar-refractivity contribution is -0.137. The smallest absolute Gasteiger partial charge is 0.355 e. The number of carbonyl (C=O) groups excluding carboxylic acids is 1. The van der Waals surface area contributed by atoms with Crippen LogP contribution in [0.5, 0.6) is 0 Å². The summed E-state index contributed by atoms with van der Waals surface area (Å²) in [5.41, 5.74) is -0.498. The number of aromatic nitrogens is 1. The van der Waals surface area contributed by atoms with Gasteiger partial charge in [-0.2, -0.15) is 13.2 Å². The van der Waals surface area contributed by atoms with Gasteiger partial charge in [0.2, 0.25) is 0 Å². The van der Waals surface area contributed by atoms with E-state index in [-0.39, 0.29) is 22.9 Å². The number of unbranched alkanes of at least 4 members (excludes halogenated alkanes) is 1. The number of nitrogens with zero attached hydrogens (tertiary/aromatic N) is 1. The zero-order chi connectivity index (χ0) is 19.2. The number of nitrogens with one attached hydrogen (secondary N) is 1. The SMILES string of the molecule is CCCC[C@@H](CC)CNC(=O)c1cc(-c2cccc(C(F)(F)F)c2)on1. The van der Waals surface area contributed by atoms with Gasteiger partial charge in [0.1, 0.15) is 0 Å². The molecule has 1 atom stereocenters. The minimum atomic E-state index is -4.44. The van der Waals surface area contributed by atoms with Crippen LogP contribution in [0.15, 0.2) is 34.9 Å². The highest BCUT2D eigenvalue weighted by Gasteiger charge is 2.30. The average molecular weight is 368 g/mol. The molecule has 0 saturated heterocycles. The Labute approximate surface area is 150 Å². The maximum absolute atomic E-state index is 12.8. The van der Waals surface area contributed by atoms with Gasteiger partial charge in [0.15, 0.2) is 11.5 Å². The molecule has 7 heteroatoms. The van der Waals surface area contributed by atoms with Crippen LogP contribution in [0.2, 0.25) is 0 Å². The fraction of sp³-hybridized carbons (Fsp3) is 0.474. The number of benzene rings is 1. The summed E-state index contributed by atoms with van der Waals surface area (Å²) in [5, 5.41) is 6.50. The van der Waals surface area contributed by atoms with E-state index in [1.54, 1.807) is 0 Å². The third kappa shape index (κ3) is 5.34. The van der Waals surface area contributed by atoms with Crippen LogP contribution in [0.3, 0.4) is 0 Å². The molecule has 0 radical (unpaired) electrons. The molecule has 0 unspecified atom stereocenters. The van der Waals surface area contributed by atoms with Crippen molar-refractivity contribution < 1.29 is 22.5 Å². The summed E-state index contributed by atoms with van der Waals surface area (Å²) >= 11 is 0. The third-order valence-electron chi connectivity index (χ3n) is 4.31. The fourth-order valence-corrected chi connectivity index (χ4v) is 2.64. The van der Waals surface area contributed by atoms with E-state index in [0.29, 0.717) is 12.5 Å². The van der Waals surface area contributed by atoms with E-state index >= 15 is 0 Å². The van der Waals surface area contributed by atoms with Crippen LogP contribution in [0.1, 0.15) is 55.6 Å². The molecule has 1 aromatic carbocycles. The maximum atomic E-state index is 12.8. The summed E-state index contributed by atoms with van der Waals surface area (Å²) in [7, 11) is 0. The highest BCUT2D eigenvalue weighted by atomic mass is 19.4. The minimum absolute atomic E-state index is 0.0581. The summed E-state index contributed by atoms with van der Waals surface area (Å²) in [6.07, 6.45) is -0.216. The van der Waals surface area contributed by atoms with Crippen molar-refractivity contribution in [2.45, 2.75) is 45.7 Å². The van der Waals surface area contributed by atoms with Gasteiger partial charge in [0.05, 0.1) is 5.56 Å². The van der Waals surface area contributed by atoms with Crippen molar-refractivity contribution in [1.82, 2.24) is 10.5 Å². The molecule has 26 heavy (non-hydrogen) atoms. The monoisotopic (exact) mass is 368 g/mol. The van der Waals surface area contributed by atoms with E-state index in [0.717, 1.165) is 37.8 Å². The van der Waals surface area contributed by atoms with Gasteiger partial charge < -0.3 is 9.84 Å². The highest BCUT2D eigenvalue weighted by Crippen LogP contribution is 2.32. The Morgan fingerprint density at radius 3 is 2.69 bits per heavy atom. The van der Waals surface area contributed by atoms with Gasteiger partial charge in [-0.15, -0.1) is 0 Å². The molecule has 0 aliphatic rings. The van der Waals surface area contributed by atoms with Gasteiger partial charge in [-0.05, 0) is 24.5 Å². The van der Waals surface area contributed by atoms with Crippen LogP contribution in [0, 0.1) is 5.92 Å². The van der Waals surface area contributed by atoms with Gasteiger partial charge >= 0.3 is 6.18 Å². The van der Waals surface area contributed by atoms with E-state index in [1.807, 2.05) is 0 Å². The van der Waals surface area contributed by atoms with Crippen molar-refractivity contribution >= 4 is 5.91 Å². The molecule has 2 rings (SSSR count). The summed E-state index contributed by atoms with van der Waals surface area (Å²) in [5.74, 6) is 0.134. The molecule has 1 heterocycles. The van der Waals surface area contributed by atoms with Crippen LogP contribution in [0.25, 0.3) is 11.3 Å². The summed E-state index contributed by atoms with van der Waals surface area (Å²) in [6, 6.07) is 6.09. The van der Waals surface area contributed by atoms with E-state index in [4.69, 9.17) is 4.52 Å². The Kier molecular flexibility index (Phi) is 6.83. The van der Waals surface area contributed by atoms with Crippen LogP contribution in [-0.4, -0.2) is 17.6 Å². The van der Waals surface area contributed by atoms with Crippen molar-refractivity contribution in [2.75, 3.05) is 6.54 Å². The molecule has 1 amide bonds. The van der Waals surface area contributed by atoms with Crippen LogP contribution >= 0.6 is 0 Å². The van der Waals surface area contributed by atoms with Gasteiger partial charge in [0.25, 0.3) is 5.91 Å². The normalized spacial score (nSPS) is 12.8. The molecule has 1 aromatic heterocycles. The Morgan fingerprint density at radius 1 is 1.27 bits per heavy atom. The maximum Gasteiger partial charge on any atom is 0.416 e. The second-order valence-electron chi connectivity index (χ2n) is 6.28. The van der Waals surface area contributed by atoms with Crippen molar-refractivity contribution in [3.05, 3.63) is 41.6 Å². The third-order valence-corrected chi connectivity index (χ3v) is 4.31. The van der Waals surface area contributed by atoms with Gasteiger partial charge in [-0.3, -0.25) is 4.79 Å². The molecule has 0 aliphatic heterocycles. The predicted molar refractivity (Wildman–Crippen MR) is 92.6 cm³/mol. The topological polar surface area (TPSA) is 55.1 Å². The molecule has 0 bridgehead atoms. The lowest BCUT2D eigenvalue weighted by atomic mass is 9.99. The number of alkyl halides is 3. The molecule has 142 valence electrons. The Bertz CT molecular complexity index is 726. The zero-order valence-electron chi connectivity index (χ0n) is 14.9. The Morgan fingerprint density at radius 2 is 2.04 bits per heavy atom. The van der Waals surface area contributed by atoms with E-state index in [9.17, 15) is 18.0 Å². The molecular formula is C19H23F3N2O2. The molecule has 0 fully saturated rings. The minimum Gasteiger partial charge on any atom is -0.355 e. The summed E-state index contributed by atoms with van der Waals surface area (Å²) in [4.78, 5) is 12.2. The zero-order valence-corrected chi connectivity index (χ0v) is 14.9. The summed E-state index contributed by atoms with van der Waals surface area (Å²) < 4.78 is 43.5.